The summed E-state index contributed by atoms with van der Waals surface area (Å²) in [7, 11) is 3.18. The van der Waals surface area contributed by atoms with Crippen LogP contribution in [0.1, 0.15) is 5.56 Å². The minimum Gasteiger partial charge on any atom is -0.357 e. The molecule has 0 atom stereocenters. The largest absolute Gasteiger partial charge is 0.416 e. The van der Waals surface area contributed by atoms with Gasteiger partial charge in [-0.15, -0.1) is 0 Å². The zero-order chi connectivity index (χ0) is 25.3. The van der Waals surface area contributed by atoms with E-state index in [1.165, 1.54) is 36.0 Å². The molecule has 0 bridgehead atoms. The van der Waals surface area contributed by atoms with Gasteiger partial charge in [-0.3, -0.25) is 9.36 Å². The van der Waals surface area contributed by atoms with Gasteiger partial charge in [0.1, 0.15) is 11.5 Å². The Morgan fingerprint density at radius 1 is 1.06 bits per heavy atom. The van der Waals surface area contributed by atoms with Crippen LogP contribution in [0.2, 0.25) is 0 Å². The normalized spacial score (nSPS) is 11.4. The molecule has 0 spiro atoms. The number of urea groups is 1. The number of aryl methyl sites for hydroxylation is 1. The van der Waals surface area contributed by atoms with Crippen LogP contribution in [-0.4, -0.2) is 27.6 Å². The van der Waals surface area contributed by atoms with Gasteiger partial charge in [-0.05, 0) is 42.0 Å². The first-order valence-corrected chi connectivity index (χ1v) is 10.2. The molecule has 2 aromatic heterocycles. The smallest absolute Gasteiger partial charge is 0.357 e. The molecule has 0 saturated carbocycles. The second kappa shape index (κ2) is 9.05. The molecule has 8 nitrogen and oxygen atoms in total. The van der Waals surface area contributed by atoms with Crippen LogP contribution in [0.25, 0.3) is 22.2 Å². The summed E-state index contributed by atoms with van der Waals surface area (Å²) < 4.78 is 54.4. The highest BCUT2D eigenvalue weighted by molar-refractivity contribution is 6.00. The third-order valence-corrected chi connectivity index (χ3v) is 5.15. The van der Waals surface area contributed by atoms with Crippen LogP contribution in [0.15, 0.2) is 59.5 Å². The second-order valence-corrected chi connectivity index (χ2v) is 7.50. The number of aromatic nitrogens is 3. The molecular weight excluding hydrogens is 468 g/mol. The first-order chi connectivity index (χ1) is 16.6. The number of nitrogens with one attached hydrogen (secondary N) is 3. The summed E-state index contributed by atoms with van der Waals surface area (Å²) in [5, 5.41) is 7.85. The van der Waals surface area contributed by atoms with E-state index in [4.69, 9.17) is 0 Å². The zero-order valence-corrected chi connectivity index (χ0v) is 18.4. The Bertz CT molecular complexity index is 1500. The van der Waals surface area contributed by atoms with Crippen molar-refractivity contribution in [3.05, 3.63) is 76.5 Å². The molecule has 2 heterocycles. The van der Waals surface area contributed by atoms with Crippen molar-refractivity contribution in [2.75, 3.05) is 23.0 Å². The van der Waals surface area contributed by atoms with Gasteiger partial charge in [-0.1, -0.05) is 12.1 Å². The number of hydrogen-bond donors (Lipinski definition) is 3. The van der Waals surface area contributed by atoms with Crippen molar-refractivity contribution in [3.8, 4) is 11.1 Å². The number of fused-ring (bicyclic) bond motifs is 1. The van der Waals surface area contributed by atoms with E-state index in [1.807, 2.05) is 0 Å². The lowest BCUT2D eigenvalue weighted by atomic mass is 10.1. The number of rotatable bonds is 4. The van der Waals surface area contributed by atoms with Crippen LogP contribution in [0, 0.1) is 5.82 Å². The van der Waals surface area contributed by atoms with Gasteiger partial charge in [-0.25, -0.2) is 14.2 Å². The maximum absolute atomic E-state index is 14.4. The van der Waals surface area contributed by atoms with Crippen molar-refractivity contribution in [1.82, 2.24) is 14.5 Å². The molecule has 3 N–H and O–H groups in total. The molecule has 4 aromatic rings. The molecule has 0 aliphatic carbocycles. The fourth-order valence-corrected chi connectivity index (χ4v) is 3.42. The lowest BCUT2D eigenvalue weighted by Crippen LogP contribution is -2.21. The van der Waals surface area contributed by atoms with Gasteiger partial charge in [0.15, 0.2) is 0 Å². The molecule has 0 unspecified atom stereocenters. The van der Waals surface area contributed by atoms with Crippen molar-refractivity contribution < 1.29 is 22.4 Å². The first-order valence-electron chi connectivity index (χ1n) is 10.2. The first kappa shape index (κ1) is 23.7. The van der Waals surface area contributed by atoms with Crippen molar-refractivity contribution in [2.45, 2.75) is 6.18 Å². The van der Waals surface area contributed by atoms with E-state index in [-0.39, 0.29) is 16.9 Å². The number of benzene rings is 2. The van der Waals surface area contributed by atoms with Gasteiger partial charge in [0.25, 0.3) is 5.56 Å². The number of pyridine rings is 1. The molecule has 2 amide bonds. The minimum atomic E-state index is -4.58. The summed E-state index contributed by atoms with van der Waals surface area (Å²) in [6.45, 7) is 0. The fourth-order valence-electron chi connectivity index (χ4n) is 3.42. The molecule has 12 heteroatoms. The SMILES string of the molecule is CNc1ncc2cc(-c3ccc(F)c(NC(=O)Nc4cccc(C(F)(F)F)c4)c3)c(=O)n(C)c2n1. The minimum absolute atomic E-state index is 0.127. The summed E-state index contributed by atoms with van der Waals surface area (Å²) >= 11 is 0. The monoisotopic (exact) mass is 486 g/mol. The van der Waals surface area contributed by atoms with E-state index in [0.717, 1.165) is 24.3 Å². The van der Waals surface area contributed by atoms with Crippen LogP contribution in [-0.2, 0) is 13.2 Å². The van der Waals surface area contributed by atoms with Gasteiger partial charge in [0, 0.05) is 36.9 Å². The van der Waals surface area contributed by atoms with Crippen LogP contribution in [0.5, 0.6) is 0 Å². The van der Waals surface area contributed by atoms with Gasteiger partial charge >= 0.3 is 12.2 Å². The number of halogens is 4. The highest BCUT2D eigenvalue weighted by Gasteiger charge is 2.30. The number of nitrogens with zero attached hydrogens (tertiary/aromatic N) is 3. The predicted molar refractivity (Wildman–Crippen MR) is 124 cm³/mol. The fraction of sp³-hybridized carbons (Fsp3) is 0.130. The summed E-state index contributed by atoms with van der Waals surface area (Å²) in [6, 6.07) is 8.31. The van der Waals surface area contributed by atoms with Gasteiger partial charge in [0.2, 0.25) is 5.95 Å². The van der Waals surface area contributed by atoms with E-state index < -0.39 is 29.1 Å². The second-order valence-electron chi connectivity index (χ2n) is 7.50. The summed E-state index contributed by atoms with van der Waals surface area (Å²) in [6.07, 6.45) is -3.05. The predicted octanol–water partition coefficient (Wildman–Crippen LogP) is 4.84. The molecular formula is C23H18F4N6O2. The quantitative estimate of drug-likeness (QED) is 0.359. The lowest BCUT2D eigenvalue weighted by molar-refractivity contribution is -0.137. The highest BCUT2D eigenvalue weighted by atomic mass is 19.4. The summed E-state index contributed by atoms with van der Waals surface area (Å²) in [4.78, 5) is 33.7. The average Bonchev–Trinajstić information content (AvgIpc) is 2.82. The van der Waals surface area contributed by atoms with Crippen LogP contribution >= 0.6 is 0 Å². The Kier molecular flexibility index (Phi) is 6.12. The van der Waals surface area contributed by atoms with Gasteiger partial charge < -0.3 is 16.0 Å². The molecule has 4 rings (SSSR count). The van der Waals surface area contributed by atoms with Crippen molar-refractivity contribution in [3.63, 3.8) is 0 Å². The van der Waals surface area contributed by atoms with E-state index in [9.17, 15) is 27.2 Å². The molecule has 0 saturated heterocycles. The Morgan fingerprint density at radius 3 is 2.54 bits per heavy atom. The maximum atomic E-state index is 14.4. The number of anilines is 3. The number of carbonyl (C=O) groups excluding carboxylic acids is 1. The van der Waals surface area contributed by atoms with Crippen LogP contribution in [0.3, 0.4) is 0 Å². The number of hydrogen-bond acceptors (Lipinski definition) is 5. The Morgan fingerprint density at radius 2 is 1.83 bits per heavy atom. The third kappa shape index (κ3) is 4.90. The Labute approximate surface area is 195 Å². The molecule has 180 valence electrons. The third-order valence-electron chi connectivity index (χ3n) is 5.15. The topological polar surface area (TPSA) is 101 Å². The van der Waals surface area contributed by atoms with E-state index >= 15 is 0 Å². The maximum Gasteiger partial charge on any atom is 0.416 e. The van der Waals surface area contributed by atoms with Crippen LogP contribution < -0.4 is 21.5 Å². The summed E-state index contributed by atoms with van der Waals surface area (Å²) in [5.41, 5.74) is -0.845. The van der Waals surface area contributed by atoms with E-state index in [2.05, 4.69) is 25.9 Å². The molecule has 0 aliphatic rings. The highest BCUT2D eigenvalue weighted by Crippen LogP contribution is 2.31. The molecule has 0 fully saturated rings. The molecule has 35 heavy (non-hydrogen) atoms. The Balaban J connectivity index is 1.63. The molecule has 0 radical (unpaired) electrons. The average molecular weight is 486 g/mol. The summed E-state index contributed by atoms with van der Waals surface area (Å²) in [5.74, 6) is -0.465. The number of carbonyl (C=O) groups is 1. The van der Waals surface area contributed by atoms with Crippen molar-refractivity contribution in [1.29, 1.82) is 0 Å². The van der Waals surface area contributed by atoms with Gasteiger partial charge in [0.05, 0.1) is 11.3 Å². The molecule has 2 aromatic carbocycles. The Hall–Kier alpha value is -4.48. The van der Waals surface area contributed by atoms with Crippen LogP contribution in [0.4, 0.5) is 39.7 Å². The molecule has 0 aliphatic heterocycles. The van der Waals surface area contributed by atoms with E-state index in [0.29, 0.717) is 22.5 Å². The van der Waals surface area contributed by atoms with Crippen molar-refractivity contribution >= 4 is 34.4 Å². The van der Waals surface area contributed by atoms with Crippen molar-refractivity contribution in [2.24, 2.45) is 7.05 Å². The number of amides is 2. The number of alkyl halides is 3. The van der Waals surface area contributed by atoms with E-state index in [1.54, 1.807) is 13.1 Å². The lowest BCUT2D eigenvalue weighted by Gasteiger charge is -2.13. The van der Waals surface area contributed by atoms with Gasteiger partial charge in [-0.2, -0.15) is 18.2 Å². The standard InChI is InChI=1S/C23H18F4N6O2/c1-28-21-29-11-13-8-16(20(34)33(2)19(13)32-21)12-6-7-17(24)18(9-12)31-22(35)30-15-5-3-4-14(10-15)23(25,26)27/h3-11H,1-2H3,(H,28,29,32)(H2,30,31,35). The zero-order valence-electron chi connectivity index (χ0n) is 18.4.